The summed E-state index contributed by atoms with van der Waals surface area (Å²) in [6, 6.07) is 2.14. The average Bonchev–Trinajstić information content (AvgIpc) is 2.74. The monoisotopic (exact) mass is 338 g/mol. The number of rotatable bonds is 1. The maximum absolute atomic E-state index is 13.5. The fourth-order valence-corrected chi connectivity index (χ4v) is 2.68. The highest BCUT2D eigenvalue weighted by Crippen LogP contribution is 2.41. The van der Waals surface area contributed by atoms with Gasteiger partial charge < -0.3 is 0 Å². The molecule has 0 amide bonds. The minimum Gasteiger partial charge on any atom is -0.237 e. The van der Waals surface area contributed by atoms with Gasteiger partial charge in [0.2, 0.25) is 0 Å². The van der Waals surface area contributed by atoms with Crippen LogP contribution in [0.1, 0.15) is 23.4 Å². The minimum atomic E-state index is -4.94. The Labute approximate surface area is 125 Å². The fourth-order valence-electron chi connectivity index (χ4n) is 2.68. The molecule has 23 heavy (non-hydrogen) atoms. The molecular weight excluding hydrogens is 329 g/mol. The van der Waals surface area contributed by atoms with Crippen LogP contribution in [0.15, 0.2) is 18.2 Å². The molecule has 0 fully saturated rings. The molecule has 3 rings (SSSR count). The lowest BCUT2D eigenvalue weighted by Gasteiger charge is -2.23. The molecule has 0 aliphatic heterocycles. The number of hydrogen-bond acceptors (Lipinski definition) is 1. The van der Waals surface area contributed by atoms with Gasteiger partial charge >= 0.3 is 6.18 Å². The topological polar surface area (TPSA) is 17.8 Å². The smallest absolute Gasteiger partial charge is 0.237 e. The van der Waals surface area contributed by atoms with E-state index < -0.39 is 47.8 Å². The number of halogens is 7. The van der Waals surface area contributed by atoms with Gasteiger partial charge in [-0.05, 0) is 18.6 Å². The van der Waals surface area contributed by atoms with Gasteiger partial charge in [0.15, 0.2) is 5.69 Å². The number of hydrogen-bond donors (Lipinski definition) is 0. The zero-order valence-corrected chi connectivity index (χ0v) is 11.4. The van der Waals surface area contributed by atoms with Crippen molar-refractivity contribution in [1.82, 2.24) is 9.78 Å². The second-order valence-electron chi connectivity index (χ2n) is 5.34. The zero-order chi connectivity index (χ0) is 17.0. The first-order valence-corrected chi connectivity index (χ1v) is 6.59. The Morgan fingerprint density at radius 1 is 1.04 bits per heavy atom. The van der Waals surface area contributed by atoms with Crippen LogP contribution in [-0.4, -0.2) is 15.7 Å². The zero-order valence-electron chi connectivity index (χ0n) is 11.4. The first kappa shape index (κ1) is 15.8. The molecule has 1 aromatic heterocycles. The van der Waals surface area contributed by atoms with E-state index >= 15 is 0 Å². The van der Waals surface area contributed by atoms with Gasteiger partial charge in [0.1, 0.15) is 11.6 Å². The minimum absolute atomic E-state index is 0.103. The lowest BCUT2D eigenvalue weighted by Crippen LogP contribution is -2.27. The first-order chi connectivity index (χ1) is 10.6. The Hall–Kier alpha value is -2.06. The summed E-state index contributed by atoms with van der Waals surface area (Å²) in [5.74, 6) is -5.27. The van der Waals surface area contributed by atoms with E-state index in [1.165, 1.54) is 0 Å². The molecule has 0 saturated heterocycles. The number of nitrogens with zero attached hydrogens (tertiary/aromatic N) is 2. The van der Waals surface area contributed by atoms with E-state index in [0.29, 0.717) is 10.7 Å². The molecule has 0 bridgehead atoms. The molecule has 2 nitrogen and oxygen atoms in total. The van der Waals surface area contributed by atoms with Crippen LogP contribution < -0.4 is 0 Å². The molecule has 1 aromatic carbocycles. The van der Waals surface area contributed by atoms with Crippen molar-refractivity contribution in [3.63, 3.8) is 0 Å². The Kier molecular flexibility index (Phi) is 3.42. The lowest BCUT2D eigenvalue weighted by atomic mass is 9.92. The molecule has 0 N–H and O–H groups in total. The predicted octanol–water partition coefficient (Wildman–Crippen LogP) is 4.29. The molecule has 1 aliphatic carbocycles. The van der Waals surface area contributed by atoms with Gasteiger partial charge in [-0.1, -0.05) is 0 Å². The van der Waals surface area contributed by atoms with Crippen molar-refractivity contribution in [1.29, 1.82) is 0 Å². The maximum Gasteiger partial charge on any atom is 0.435 e. The molecule has 0 saturated carbocycles. The Morgan fingerprint density at radius 3 is 2.22 bits per heavy atom. The molecular formula is C14H9F7N2. The van der Waals surface area contributed by atoms with Gasteiger partial charge in [-0.15, -0.1) is 0 Å². The van der Waals surface area contributed by atoms with Gasteiger partial charge in [0.05, 0.1) is 5.69 Å². The Balaban J connectivity index is 2.21. The molecule has 0 spiro atoms. The largest absolute Gasteiger partial charge is 0.435 e. The van der Waals surface area contributed by atoms with Crippen molar-refractivity contribution in [3.05, 3.63) is 46.8 Å². The summed E-state index contributed by atoms with van der Waals surface area (Å²) in [5.41, 5.74) is -2.46. The lowest BCUT2D eigenvalue weighted by molar-refractivity contribution is -0.142. The third kappa shape index (κ3) is 2.91. The molecule has 1 heterocycles. The summed E-state index contributed by atoms with van der Waals surface area (Å²) in [4.78, 5) is 0. The van der Waals surface area contributed by atoms with Gasteiger partial charge in [-0.2, -0.15) is 18.3 Å². The van der Waals surface area contributed by atoms with Crippen molar-refractivity contribution >= 4 is 0 Å². The number of fused-ring (bicyclic) bond motifs is 1. The number of alkyl halides is 5. The number of aromatic nitrogens is 2. The molecule has 1 aliphatic rings. The van der Waals surface area contributed by atoms with Crippen LogP contribution in [0, 0.1) is 11.6 Å². The van der Waals surface area contributed by atoms with E-state index in [1.54, 1.807) is 0 Å². The van der Waals surface area contributed by atoms with Crippen molar-refractivity contribution in [2.24, 2.45) is 0 Å². The van der Waals surface area contributed by atoms with Crippen LogP contribution in [-0.2, 0) is 19.0 Å². The van der Waals surface area contributed by atoms with Crippen LogP contribution in [0.25, 0.3) is 5.69 Å². The third-order valence-electron chi connectivity index (χ3n) is 3.61. The van der Waals surface area contributed by atoms with Gasteiger partial charge in [-0.25, -0.2) is 22.2 Å². The van der Waals surface area contributed by atoms with E-state index in [0.717, 1.165) is 12.1 Å². The van der Waals surface area contributed by atoms with Crippen LogP contribution >= 0.6 is 0 Å². The quantitative estimate of drug-likeness (QED) is 0.709. The van der Waals surface area contributed by atoms with Crippen LogP contribution in [0.2, 0.25) is 0 Å². The molecule has 0 atom stereocenters. The molecule has 0 radical (unpaired) electrons. The Morgan fingerprint density at radius 2 is 1.65 bits per heavy atom. The van der Waals surface area contributed by atoms with Gasteiger partial charge in [-0.3, -0.25) is 0 Å². The summed E-state index contributed by atoms with van der Waals surface area (Å²) >= 11 is 0. The highest BCUT2D eigenvalue weighted by molar-refractivity contribution is 5.41. The maximum atomic E-state index is 13.5. The first-order valence-electron chi connectivity index (χ1n) is 6.59. The Bertz CT molecular complexity index is 741. The normalized spacial score (nSPS) is 17.2. The second-order valence-corrected chi connectivity index (χ2v) is 5.34. The molecule has 9 heteroatoms. The van der Waals surface area contributed by atoms with Crippen molar-refractivity contribution in [2.75, 3.05) is 0 Å². The summed E-state index contributed by atoms with van der Waals surface area (Å²) in [6.07, 6.45) is -7.06. The fraction of sp³-hybridized carbons (Fsp3) is 0.357. The van der Waals surface area contributed by atoms with E-state index in [-0.39, 0.29) is 17.8 Å². The molecule has 124 valence electrons. The predicted molar refractivity (Wildman–Crippen MR) is 65.5 cm³/mol. The van der Waals surface area contributed by atoms with E-state index in [9.17, 15) is 30.7 Å². The standard InChI is InChI=1S/C14H9F7N2/c15-7-3-8(16)5-9(4-7)23-11-1-2-13(17,18)6-10(11)12(22-23)14(19,20)21/h3-5H,1-2,6H2. The highest BCUT2D eigenvalue weighted by atomic mass is 19.4. The third-order valence-corrected chi connectivity index (χ3v) is 3.61. The van der Waals surface area contributed by atoms with Crippen LogP contribution in [0.4, 0.5) is 30.7 Å². The van der Waals surface area contributed by atoms with E-state index in [2.05, 4.69) is 5.10 Å². The summed E-state index contributed by atoms with van der Waals surface area (Å²) in [6.45, 7) is 0. The summed E-state index contributed by atoms with van der Waals surface area (Å²) < 4.78 is 93.3. The van der Waals surface area contributed by atoms with Gasteiger partial charge in [0, 0.05) is 30.2 Å². The van der Waals surface area contributed by atoms with Crippen LogP contribution in [0.5, 0.6) is 0 Å². The summed E-state index contributed by atoms with van der Waals surface area (Å²) in [5, 5.41) is 3.31. The highest BCUT2D eigenvalue weighted by Gasteiger charge is 2.45. The average molecular weight is 338 g/mol. The summed E-state index contributed by atoms with van der Waals surface area (Å²) in [7, 11) is 0. The molecule has 0 unspecified atom stereocenters. The van der Waals surface area contributed by atoms with Gasteiger partial charge in [0.25, 0.3) is 5.92 Å². The van der Waals surface area contributed by atoms with E-state index in [1.807, 2.05) is 0 Å². The van der Waals surface area contributed by atoms with Crippen molar-refractivity contribution in [3.8, 4) is 5.69 Å². The second kappa shape index (κ2) is 4.97. The van der Waals surface area contributed by atoms with Crippen LogP contribution in [0.3, 0.4) is 0 Å². The van der Waals surface area contributed by atoms with E-state index in [4.69, 9.17) is 0 Å². The number of benzene rings is 1. The van der Waals surface area contributed by atoms with Crippen molar-refractivity contribution < 1.29 is 30.7 Å². The molecule has 2 aromatic rings. The SMILES string of the molecule is Fc1cc(F)cc(-n2nc(C(F)(F)F)c3c2CCC(F)(F)C3)c1. The van der Waals surface area contributed by atoms with Crippen molar-refractivity contribution in [2.45, 2.75) is 31.4 Å².